The lowest BCUT2D eigenvalue weighted by molar-refractivity contribution is -0.160. The number of aromatic nitrogens is 3. The average molecular weight is 709 g/mol. The molecule has 268 valence electrons. The maximum atomic E-state index is 15.1. The second-order valence-corrected chi connectivity index (χ2v) is 14.8. The maximum absolute atomic E-state index is 15.1. The molecule has 3 heterocycles. The Labute approximate surface area is 297 Å². The molecule has 6 rings (SSSR count). The van der Waals surface area contributed by atoms with Gasteiger partial charge in [-0.1, -0.05) is 17.7 Å². The molecule has 4 atom stereocenters. The molecule has 0 spiro atoms. The van der Waals surface area contributed by atoms with Crippen LogP contribution >= 0.6 is 11.6 Å². The van der Waals surface area contributed by atoms with Gasteiger partial charge in [-0.3, -0.25) is 0 Å². The minimum atomic E-state index is -0.687. The summed E-state index contributed by atoms with van der Waals surface area (Å²) in [6, 6.07) is 13.5. The van der Waals surface area contributed by atoms with Crippen molar-refractivity contribution in [2.24, 2.45) is 5.92 Å². The van der Waals surface area contributed by atoms with Crippen LogP contribution in [0.5, 0.6) is 11.5 Å². The van der Waals surface area contributed by atoms with E-state index < -0.39 is 23.3 Å². The van der Waals surface area contributed by atoms with Crippen LogP contribution in [0.15, 0.2) is 61.1 Å². The SMILES string of the molecule is CNc1ncnc2c1ccn2[C@@H]1C[C@H](CNCCCN(Cc2ccc(Oc3ccc(Cl)cc3)c(F)c2)C(=O)OC(C)(C)C)[C@H]2OC(C)(C)O[C@H]21. The summed E-state index contributed by atoms with van der Waals surface area (Å²) in [5.74, 6) is 0.333. The highest BCUT2D eigenvalue weighted by Gasteiger charge is 2.54. The van der Waals surface area contributed by atoms with Gasteiger partial charge in [-0.25, -0.2) is 19.2 Å². The fourth-order valence-electron chi connectivity index (χ4n) is 6.79. The molecule has 0 radical (unpaired) electrons. The molecule has 2 N–H and O–H groups in total. The number of halogens is 2. The predicted octanol–water partition coefficient (Wildman–Crippen LogP) is 7.56. The van der Waals surface area contributed by atoms with Gasteiger partial charge in [0.05, 0.1) is 17.5 Å². The number of nitrogens with zero attached hydrogens (tertiary/aromatic N) is 4. The fourth-order valence-corrected chi connectivity index (χ4v) is 6.91. The highest BCUT2D eigenvalue weighted by Crippen LogP contribution is 2.47. The maximum Gasteiger partial charge on any atom is 0.410 e. The molecule has 0 bridgehead atoms. The number of anilines is 1. The van der Waals surface area contributed by atoms with Gasteiger partial charge in [0.1, 0.15) is 35.2 Å². The summed E-state index contributed by atoms with van der Waals surface area (Å²) in [5, 5.41) is 8.27. The molecule has 4 aromatic rings. The number of nitrogens with one attached hydrogen (secondary N) is 2. The number of benzene rings is 2. The van der Waals surface area contributed by atoms with Gasteiger partial charge in [0.2, 0.25) is 0 Å². The van der Waals surface area contributed by atoms with Crippen LogP contribution in [0.4, 0.5) is 15.0 Å². The number of carbonyl (C=O) groups excluding carboxylic acids is 1. The number of amides is 1. The normalized spacial score (nSPS) is 21.3. The van der Waals surface area contributed by atoms with Crippen molar-refractivity contribution in [2.75, 3.05) is 32.0 Å². The monoisotopic (exact) mass is 708 g/mol. The smallest absolute Gasteiger partial charge is 0.410 e. The first-order valence-electron chi connectivity index (χ1n) is 17.1. The lowest BCUT2D eigenvalue weighted by Gasteiger charge is -2.28. The van der Waals surface area contributed by atoms with E-state index in [2.05, 4.69) is 31.4 Å². The zero-order chi connectivity index (χ0) is 35.6. The van der Waals surface area contributed by atoms with Crippen LogP contribution < -0.4 is 15.4 Å². The first-order chi connectivity index (χ1) is 23.8. The summed E-state index contributed by atoms with van der Waals surface area (Å²) in [5.41, 5.74) is 0.812. The summed E-state index contributed by atoms with van der Waals surface area (Å²) in [6.07, 6.45) is 4.51. The van der Waals surface area contributed by atoms with Crippen LogP contribution in [-0.2, 0) is 20.8 Å². The van der Waals surface area contributed by atoms with E-state index in [0.717, 1.165) is 29.8 Å². The molecule has 1 saturated carbocycles. The second-order valence-electron chi connectivity index (χ2n) is 14.3. The summed E-state index contributed by atoms with van der Waals surface area (Å²) in [4.78, 5) is 23.8. The van der Waals surface area contributed by atoms with Crippen molar-refractivity contribution in [2.45, 2.75) is 83.6 Å². The Morgan fingerprint density at radius 3 is 2.60 bits per heavy atom. The van der Waals surface area contributed by atoms with E-state index in [-0.39, 0.29) is 36.5 Å². The van der Waals surface area contributed by atoms with Crippen molar-refractivity contribution in [3.05, 3.63) is 77.5 Å². The molecular weight excluding hydrogens is 663 g/mol. The lowest BCUT2D eigenvalue weighted by Crippen LogP contribution is -2.38. The van der Waals surface area contributed by atoms with E-state index in [4.69, 9.17) is 30.5 Å². The zero-order valence-electron chi connectivity index (χ0n) is 29.4. The molecule has 1 aliphatic heterocycles. The molecule has 1 aliphatic carbocycles. The fraction of sp³-hybridized carbons (Fsp3) is 0.486. The molecule has 1 saturated heterocycles. The molecule has 0 unspecified atom stereocenters. The third-order valence-corrected chi connectivity index (χ3v) is 9.16. The van der Waals surface area contributed by atoms with Gasteiger partial charge in [0, 0.05) is 43.8 Å². The molecule has 13 heteroatoms. The van der Waals surface area contributed by atoms with Crippen LogP contribution in [0, 0.1) is 11.7 Å². The molecule has 11 nitrogen and oxygen atoms in total. The van der Waals surface area contributed by atoms with Crippen molar-refractivity contribution in [1.82, 2.24) is 24.8 Å². The van der Waals surface area contributed by atoms with E-state index in [1.165, 1.54) is 6.07 Å². The minimum absolute atomic E-state index is 0.0525. The molecule has 50 heavy (non-hydrogen) atoms. The first kappa shape index (κ1) is 35.8. The quantitative estimate of drug-likeness (QED) is 0.144. The third-order valence-electron chi connectivity index (χ3n) is 8.91. The van der Waals surface area contributed by atoms with Crippen molar-refractivity contribution in [1.29, 1.82) is 0 Å². The Morgan fingerprint density at radius 1 is 1.12 bits per heavy atom. The largest absolute Gasteiger partial charge is 0.454 e. The molecular formula is C37H46ClFN6O5. The van der Waals surface area contributed by atoms with Gasteiger partial charge in [0.15, 0.2) is 17.4 Å². The van der Waals surface area contributed by atoms with E-state index in [0.29, 0.717) is 35.8 Å². The number of ether oxygens (including phenoxy) is 4. The van der Waals surface area contributed by atoms with Crippen LogP contribution in [0.1, 0.15) is 59.1 Å². The standard InChI is InChI=1S/C37H46ClFN6O5/c1-36(2,3)50-35(46)44(21-23-8-13-30(28(39)18-23)47-26-11-9-25(38)10-12-26)16-7-15-41-20-24-19-29(32-31(24)48-37(4,5)49-32)45-17-14-27-33(40-6)42-22-43-34(27)45/h8-14,17-18,22,24,29,31-32,41H,7,15-16,19-21H2,1-6H3,(H,40,42,43)/t24-,29-,31-,32+/m1/s1. The Balaban J connectivity index is 1.07. The van der Waals surface area contributed by atoms with Gasteiger partial charge in [-0.2, -0.15) is 0 Å². The third kappa shape index (κ3) is 8.31. The zero-order valence-corrected chi connectivity index (χ0v) is 30.2. The summed E-state index contributed by atoms with van der Waals surface area (Å²) < 4.78 is 41.5. The van der Waals surface area contributed by atoms with Crippen molar-refractivity contribution in [3.63, 3.8) is 0 Å². The van der Waals surface area contributed by atoms with E-state index in [1.807, 2.05) is 47.7 Å². The van der Waals surface area contributed by atoms with Crippen molar-refractivity contribution >= 4 is 34.5 Å². The van der Waals surface area contributed by atoms with Gasteiger partial charge in [-0.05, 0) is 102 Å². The Morgan fingerprint density at radius 2 is 1.88 bits per heavy atom. The van der Waals surface area contributed by atoms with Crippen LogP contribution in [0.25, 0.3) is 11.0 Å². The van der Waals surface area contributed by atoms with Gasteiger partial charge in [-0.15, -0.1) is 0 Å². The molecule has 2 aliphatic rings. The summed E-state index contributed by atoms with van der Waals surface area (Å²) in [6.45, 7) is 11.4. The van der Waals surface area contributed by atoms with Crippen molar-refractivity contribution in [3.8, 4) is 11.5 Å². The highest BCUT2D eigenvalue weighted by molar-refractivity contribution is 6.30. The summed E-state index contributed by atoms with van der Waals surface area (Å²) >= 11 is 5.95. The number of rotatable bonds is 12. The molecule has 2 aromatic carbocycles. The van der Waals surface area contributed by atoms with E-state index in [9.17, 15) is 4.79 Å². The second kappa shape index (κ2) is 14.7. The summed E-state index contributed by atoms with van der Waals surface area (Å²) in [7, 11) is 1.85. The Hall–Kier alpha value is -3.97. The number of fused-ring (bicyclic) bond motifs is 2. The van der Waals surface area contributed by atoms with E-state index in [1.54, 1.807) is 47.6 Å². The van der Waals surface area contributed by atoms with Crippen LogP contribution in [-0.4, -0.2) is 75.8 Å². The Kier molecular flexibility index (Phi) is 10.5. The van der Waals surface area contributed by atoms with Crippen molar-refractivity contribution < 1.29 is 28.1 Å². The van der Waals surface area contributed by atoms with Crippen LogP contribution in [0.3, 0.4) is 0 Å². The van der Waals surface area contributed by atoms with Gasteiger partial charge >= 0.3 is 6.09 Å². The van der Waals surface area contributed by atoms with Gasteiger partial charge in [0.25, 0.3) is 0 Å². The first-order valence-corrected chi connectivity index (χ1v) is 17.4. The Bertz CT molecular complexity index is 1800. The number of carbonyl (C=O) groups is 1. The molecule has 2 aromatic heterocycles. The van der Waals surface area contributed by atoms with Crippen LogP contribution in [0.2, 0.25) is 5.02 Å². The van der Waals surface area contributed by atoms with E-state index >= 15 is 4.39 Å². The average Bonchev–Trinajstić information content (AvgIpc) is 3.72. The van der Waals surface area contributed by atoms with Gasteiger partial charge < -0.3 is 39.0 Å². The molecule has 2 fully saturated rings. The lowest BCUT2D eigenvalue weighted by atomic mass is 10.1. The predicted molar refractivity (Wildman–Crippen MR) is 190 cm³/mol. The molecule has 1 amide bonds. The topological polar surface area (TPSA) is 112 Å². The highest BCUT2D eigenvalue weighted by atomic mass is 35.5. The minimum Gasteiger partial charge on any atom is -0.454 e. The number of hydrogen-bond donors (Lipinski definition) is 2. The number of hydrogen-bond acceptors (Lipinski definition) is 9.